The van der Waals surface area contributed by atoms with Crippen molar-refractivity contribution in [1.29, 1.82) is 0 Å². The summed E-state index contributed by atoms with van der Waals surface area (Å²) in [5, 5.41) is 6.82. The largest absolute Gasteiger partial charge is 0.357 e. The Bertz CT molecular complexity index is 792. The third-order valence-electron chi connectivity index (χ3n) is 6.14. The van der Waals surface area contributed by atoms with Gasteiger partial charge in [0.2, 0.25) is 5.91 Å². The molecule has 1 heterocycles. The number of carbonyl (C=O) groups excluding carboxylic acids is 2. The molecule has 1 atom stereocenters. The maximum Gasteiger partial charge on any atom is 0.253 e. The van der Waals surface area contributed by atoms with E-state index in [-0.39, 0.29) is 41.8 Å². The number of hydrogen-bond acceptors (Lipinski definition) is 3. The van der Waals surface area contributed by atoms with Gasteiger partial charge in [0.1, 0.15) is 0 Å². The lowest BCUT2D eigenvalue weighted by Crippen LogP contribution is -2.45. The summed E-state index contributed by atoms with van der Waals surface area (Å²) in [5.74, 6) is 1.40. The Hall–Kier alpha value is -1.84. The molecule has 178 valence electrons. The van der Waals surface area contributed by atoms with Crippen LogP contribution in [0.15, 0.2) is 29.3 Å². The van der Waals surface area contributed by atoms with Gasteiger partial charge in [-0.15, -0.1) is 24.0 Å². The van der Waals surface area contributed by atoms with Gasteiger partial charge in [0.25, 0.3) is 5.91 Å². The van der Waals surface area contributed by atoms with Crippen molar-refractivity contribution in [3.63, 3.8) is 0 Å². The van der Waals surface area contributed by atoms with E-state index in [4.69, 9.17) is 4.99 Å². The summed E-state index contributed by atoms with van der Waals surface area (Å²) in [6.07, 6.45) is 6.21. The lowest BCUT2D eigenvalue weighted by atomic mass is 10.1. The number of guanidine groups is 1. The molecule has 1 saturated carbocycles. The zero-order valence-electron chi connectivity index (χ0n) is 19.6. The Morgan fingerprint density at radius 1 is 1.19 bits per heavy atom. The van der Waals surface area contributed by atoms with Crippen molar-refractivity contribution >= 4 is 41.8 Å². The molecule has 1 aliphatic carbocycles. The topological polar surface area (TPSA) is 77.0 Å². The number of nitrogens with one attached hydrogen (secondary N) is 2. The predicted molar refractivity (Wildman–Crippen MR) is 140 cm³/mol. The van der Waals surface area contributed by atoms with Crippen LogP contribution in [-0.2, 0) is 11.2 Å². The normalized spacial score (nSPS) is 18.9. The first-order chi connectivity index (χ1) is 15.0. The van der Waals surface area contributed by atoms with E-state index in [2.05, 4.69) is 17.6 Å². The molecule has 3 rings (SSSR count). The Morgan fingerprint density at radius 2 is 1.94 bits per heavy atom. The number of aliphatic imine (C=N–C) groups is 1. The molecule has 32 heavy (non-hydrogen) atoms. The van der Waals surface area contributed by atoms with E-state index in [0.29, 0.717) is 18.0 Å². The van der Waals surface area contributed by atoms with E-state index in [1.807, 2.05) is 29.2 Å². The van der Waals surface area contributed by atoms with Crippen LogP contribution in [0.2, 0.25) is 0 Å². The van der Waals surface area contributed by atoms with E-state index in [0.717, 1.165) is 56.8 Å². The molecule has 0 radical (unpaired) electrons. The molecule has 8 heteroatoms. The number of amides is 2. The summed E-state index contributed by atoms with van der Waals surface area (Å²) in [6, 6.07) is 7.99. The van der Waals surface area contributed by atoms with Crippen LogP contribution in [0.1, 0.15) is 54.9 Å². The van der Waals surface area contributed by atoms with Crippen LogP contribution in [0, 0.1) is 5.92 Å². The smallest absolute Gasteiger partial charge is 0.253 e. The van der Waals surface area contributed by atoms with Crippen LogP contribution < -0.4 is 10.6 Å². The molecule has 1 aromatic carbocycles. The molecular weight excluding hydrogens is 517 g/mol. The number of nitrogens with zero attached hydrogens (tertiary/aromatic N) is 3. The summed E-state index contributed by atoms with van der Waals surface area (Å²) < 4.78 is 0. The van der Waals surface area contributed by atoms with Crippen molar-refractivity contribution in [3.05, 3.63) is 35.4 Å². The van der Waals surface area contributed by atoms with E-state index < -0.39 is 0 Å². The van der Waals surface area contributed by atoms with Gasteiger partial charge < -0.3 is 20.4 Å². The van der Waals surface area contributed by atoms with Crippen molar-refractivity contribution < 1.29 is 9.59 Å². The molecule has 7 nitrogen and oxygen atoms in total. The van der Waals surface area contributed by atoms with Gasteiger partial charge in [0.05, 0.1) is 0 Å². The second kappa shape index (κ2) is 13.0. The lowest BCUT2D eigenvalue weighted by Gasteiger charge is -2.21. The molecule has 0 bridgehead atoms. The summed E-state index contributed by atoms with van der Waals surface area (Å²) in [7, 11) is 3.53. The first-order valence-corrected chi connectivity index (χ1v) is 11.6. The van der Waals surface area contributed by atoms with Crippen molar-refractivity contribution in [2.75, 3.05) is 40.3 Å². The Kier molecular flexibility index (Phi) is 10.7. The number of likely N-dealkylation sites (tertiary alicyclic amines) is 1. The van der Waals surface area contributed by atoms with Gasteiger partial charge in [0.15, 0.2) is 5.96 Å². The third-order valence-corrected chi connectivity index (χ3v) is 6.14. The van der Waals surface area contributed by atoms with Gasteiger partial charge in [-0.1, -0.05) is 25.0 Å². The maximum atomic E-state index is 12.7. The van der Waals surface area contributed by atoms with Gasteiger partial charge in [-0.05, 0) is 50.3 Å². The van der Waals surface area contributed by atoms with Crippen LogP contribution >= 0.6 is 24.0 Å². The molecule has 1 aromatic rings. The first kappa shape index (κ1) is 26.4. The molecule has 2 fully saturated rings. The molecule has 2 aliphatic rings. The number of hydrogen-bond donors (Lipinski definition) is 2. The zero-order chi connectivity index (χ0) is 22.2. The molecule has 2 N–H and O–H groups in total. The average Bonchev–Trinajstić information content (AvgIpc) is 3.45. The van der Waals surface area contributed by atoms with Crippen LogP contribution in [0.3, 0.4) is 0 Å². The lowest BCUT2D eigenvalue weighted by molar-refractivity contribution is -0.134. The third kappa shape index (κ3) is 7.35. The monoisotopic (exact) mass is 555 g/mol. The summed E-state index contributed by atoms with van der Waals surface area (Å²) in [6.45, 7) is 5.06. The molecule has 1 unspecified atom stereocenters. The fraction of sp³-hybridized carbons (Fsp3) is 0.625. The van der Waals surface area contributed by atoms with E-state index >= 15 is 0 Å². The van der Waals surface area contributed by atoms with Crippen molar-refractivity contribution in [3.8, 4) is 0 Å². The highest BCUT2D eigenvalue weighted by Crippen LogP contribution is 2.27. The molecule has 2 amide bonds. The molecular formula is C24H38IN5O2. The van der Waals surface area contributed by atoms with Crippen molar-refractivity contribution in [2.45, 2.75) is 51.5 Å². The van der Waals surface area contributed by atoms with Crippen molar-refractivity contribution in [2.24, 2.45) is 10.9 Å². The number of benzene rings is 1. The summed E-state index contributed by atoms with van der Waals surface area (Å²) in [4.78, 5) is 33.2. The Morgan fingerprint density at radius 3 is 2.62 bits per heavy atom. The molecule has 0 aromatic heterocycles. The average molecular weight is 556 g/mol. The Labute approximate surface area is 209 Å². The van der Waals surface area contributed by atoms with Crippen LogP contribution in [0.25, 0.3) is 0 Å². The minimum absolute atomic E-state index is 0. The second-order valence-electron chi connectivity index (χ2n) is 8.81. The first-order valence-electron chi connectivity index (χ1n) is 11.6. The summed E-state index contributed by atoms with van der Waals surface area (Å²) in [5.41, 5.74) is 1.80. The van der Waals surface area contributed by atoms with Gasteiger partial charge in [-0.25, -0.2) is 0 Å². The van der Waals surface area contributed by atoms with Gasteiger partial charge >= 0.3 is 0 Å². The second-order valence-corrected chi connectivity index (χ2v) is 8.81. The number of carbonyl (C=O) groups is 2. The van der Waals surface area contributed by atoms with Crippen molar-refractivity contribution in [1.82, 2.24) is 20.4 Å². The highest BCUT2D eigenvalue weighted by molar-refractivity contribution is 14.0. The summed E-state index contributed by atoms with van der Waals surface area (Å²) >= 11 is 0. The molecule has 1 saturated heterocycles. The number of rotatable bonds is 7. The van der Waals surface area contributed by atoms with Gasteiger partial charge in [0, 0.05) is 57.8 Å². The predicted octanol–water partition coefficient (Wildman–Crippen LogP) is 2.90. The highest BCUT2D eigenvalue weighted by atomic mass is 127. The van der Waals surface area contributed by atoms with E-state index in [9.17, 15) is 9.59 Å². The molecule has 0 spiro atoms. The fourth-order valence-electron chi connectivity index (χ4n) is 4.44. The minimum atomic E-state index is 0. The zero-order valence-corrected chi connectivity index (χ0v) is 21.9. The Balaban J connectivity index is 0.00000363. The quantitative estimate of drug-likeness (QED) is 0.308. The molecule has 1 aliphatic heterocycles. The van der Waals surface area contributed by atoms with Crippen LogP contribution in [-0.4, -0.2) is 73.9 Å². The van der Waals surface area contributed by atoms with E-state index in [1.54, 1.807) is 19.0 Å². The highest BCUT2D eigenvalue weighted by Gasteiger charge is 2.32. The van der Waals surface area contributed by atoms with Crippen LogP contribution in [0.5, 0.6) is 0 Å². The van der Waals surface area contributed by atoms with E-state index in [1.165, 1.54) is 12.8 Å². The standard InChI is InChI=1S/C24H37N5O2.HI/c1-4-25-24(26-14-12-18-8-7-11-20(16-18)22(30)28(2)3)27-21-13-15-29(17-21)23(31)19-9-5-6-10-19;/h7-8,11,16,19,21H,4-6,9-10,12-15,17H2,1-3H3,(H2,25,26,27);1H. The minimum Gasteiger partial charge on any atom is -0.357 e. The van der Waals surface area contributed by atoms with Gasteiger partial charge in [-0.3, -0.25) is 14.6 Å². The van der Waals surface area contributed by atoms with Gasteiger partial charge in [-0.2, -0.15) is 0 Å². The maximum absolute atomic E-state index is 12.7. The fourth-order valence-corrected chi connectivity index (χ4v) is 4.44. The number of halogens is 1. The van der Waals surface area contributed by atoms with Crippen LogP contribution in [0.4, 0.5) is 0 Å². The SMILES string of the molecule is CCNC(=NCCc1cccc(C(=O)N(C)C)c1)NC1CCN(C(=O)C2CCCC2)C1.I.